The maximum Gasteiger partial charge on any atom is 0.326 e. The zero-order valence-corrected chi connectivity index (χ0v) is 11.9. The van der Waals surface area contributed by atoms with Gasteiger partial charge in [0.25, 0.3) is 0 Å². The fourth-order valence-corrected chi connectivity index (χ4v) is 2.27. The highest BCUT2D eigenvalue weighted by atomic mass is 16.4. The van der Waals surface area contributed by atoms with Crippen molar-refractivity contribution in [2.45, 2.75) is 53.1 Å². The molecule has 5 nitrogen and oxygen atoms in total. The van der Waals surface area contributed by atoms with Crippen LogP contribution < -0.4 is 5.73 Å². The fraction of sp³-hybridized carbons (Fsp3) is 0.846. The van der Waals surface area contributed by atoms with Crippen LogP contribution in [0.1, 0.15) is 41.0 Å². The first kappa shape index (κ1) is 15.0. The number of likely N-dealkylation sites (tertiary alicyclic amines) is 1. The molecule has 5 heteroatoms. The van der Waals surface area contributed by atoms with Crippen molar-refractivity contribution in [2.24, 2.45) is 16.6 Å². The van der Waals surface area contributed by atoms with Gasteiger partial charge in [0.2, 0.25) is 5.91 Å². The monoisotopic (exact) mass is 256 g/mol. The molecule has 0 saturated carbocycles. The molecule has 1 unspecified atom stereocenters. The minimum Gasteiger partial charge on any atom is -0.480 e. The number of hydrogen-bond acceptors (Lipinski definition) is 3. The van der Waals surface area contributed by atoms with Crippen molar-refractivity contribution in [1.82, 2.24) is 4.90 Å². The Labute approximate surface area is 108 Å². The van der Waals surface area contributed by atoms with Gasteiger partial charge in [-0.25, -0.2) is 4.79 Å². The summed E-state index contributed by atoms with van der Waals surface area (Å²) >= 11 is 0. The molecule has 0 aromatic carbocycles. The number of amides is 1. The highest BCUT2D eigenvalue weighted by Crippen LogP contribution is 2.35. The lowest BCUT2D eigenvalue weighted by Gasteiger charge is -2.32. The molecule has 1 aliphatic rings. The number of carboxylic acids is 1. The van der Waals surface area contributed by atoms with Crippen molar-refractivity contribution >= 4 is 11.9 Å². The number of rotatable bonds is 2. The van der Waals surface area contributed by atoms with Crippen molar-refractivity contribution in [3.63, 3.8) is 0 Å². The molecule has 0 aromatic heterocycles. The third-order valence-corrected chi connectivity index (χ3v) is 3.49. The van der Waals surface area contributed by atoms with Crippen LogP contribution in [0, 0.1) is 10.8 Å². The maximum absolute atomic E-state index is 12.3. The fourth-order valence-electron chi connectivity index (χ4n) is 2.27. The number of carboxylic acid groups (broad SMARTS) is 1. The lowest BCUT2D eigenvalue weighted by atomic mass is 9.86. The maximum atomic E-state index is 12.3. The van der Waals surface area contributed by atoms with Crippen LogP contribution in [0.4, 0.5) is 0 Å². The summed E-state index contributed by atoms with van der Waals surface area (Å²) in [5.74, 6) is -1.21. The van der Waals surface area contributed by atoms with E-state index in [4.69, 9.17) is 5.73 Å². The van der Waals surface area contributed by atoms with Crippen LogP contribution in [-0.2, 0) is 9.59 Å². The predicted molar refractivity (Wildman–Crippen MR) is 69.0 cm³/mol. The van der Waals surface area contributed by atoms with Gasteiger partial charge < -0.3 is 15.7 Å². The van der Waals surface area contributed by atoms with Crippen LogP contribution in [0.25, 0.3) is 0 Å². The van der Waals surface area contributed by atoms with E-state index in [2.05, 4.69) is 0 Å². The van der Waals surface area contributed by atoms with E-state index in [1.807, 2.05) is 34.6 Å². The Hall–Kier alpha value is -1.10. The zero-order chi connectivity index (χ0) is 14.3. The Morgan fingerprint density at radius 2 is 1.89 bits per heavy atom. The second-order valence-electron chi connectivity index (χ2n) is 7.03. The minimum absolute atomic E-state index is 0.170. The van der Waals surface area contributed by atoms with Gasteiger partial charge in [0.1, 0.15) is 6.04 Å². The van der Waals surface area contributed by atoms with Crippen molar-refractivity contribution in [2.75, 3.05) is 6.54 Å². The molecule has 1 heterocycles. The number of carbonyl (C=O) groups is 2. The Morgan fingerprint density at radius 1 is 1.39 bits per heavy atom. The number of nitrogens with zero attached hydrogens (tertiary/aromatic N) is 1. The van der Waals surface area contributed by atoms with Gasteiger partial charge in [0.15, 0.2) is 0 Å². The first-order valence-electron chi connectivity index (χ1n) is 6.24. The standard InChI is InChI=1S/C13H24N2O3/c1-12(2,3)9(14)10(16)15-7-13(4,5)6-8(15)11(17)18/h8-9H,6-7,14H2,1-5H3,(H,17,18)/t8-,9?/m0/s1. The van der Waals surface area contributed by atoms with Crippen LogP contribution in [-0.4, -0.2) is 40.5 Å². The third kappa shape index (κ3) is 3.02. The summed E-state index contributed by atoms with van der Waals surface area (Å²) < 4.78 is 0. The molecule has 0 spiro atoms. The van der Waals surface area contributed by atoms with Gasteiger partial charge in [-0.2, -0.15) is 0 Å². The lowest BCUT2D eigenvalue weighted by molar-refractivity contribution is -0.149. The summed E-state index contributed by atoms with van der Waals surface area (Å²) in [5, 5.41) is 9.21. The number of carbonyl (C=O) groups excluding carboxylic acids is 1. The van der Waals surface area contributed by atoms with Gasteiger partial charge in [-0.15, -0.1) is 0 Å². The van der Waals surface area contributed by atoms with Gasteiger partial charge in [-0.3, -0.25) is 4.79 Å². The Bertz CT molecular complexity index is 358. The average Bonchev–Trinajstić information content (AvgIpc) is 2.51. The highest BCUT2D eigenvalue weighted by Gasteiger charge is 2.46. The van der Waals surface area contributed by atoms with Crippen molar-refractivity contribution in [3.8, 4) is 0 Å². The molecule has 0 aliphatic carbocycles. The molecule has 2 atom stereocenters. The number of hydrogen-bond donors (Lipinski definition) is 2. The second-order valence-corrected chi connectivity index (χ2v) is 7.03. The summed E-state index contributed by atoms with van der Waals surface area (Å²) in [6.07, 6.45) is 0.477. The summed E-state index contributed by atoms with van der Waals surface area (Å²) in [6.45, 7) is 10.0. The van der Waals surface area contributed by atoms with Gasteiger partial charge in [-0.05, 0) is 17.3 Å². The average molecular weight is 256 g/mol. The van der Waals surface area contributed by atoms with Crippen LogP contribution in [0.15, 0.2) is 0 Å². The lowest BCUT2D eigenvalue weighted by Crippen LogP contribution is -2.53. The molecule has 0 bridgehead atoms. The van der Waals surface area contributed by atoms with E-state index < -0.39 is 18.1 Å². The Kier molecular flexibility index (Phi) is 3.77. The highest BCUT2D eigenvalue weighted by molar-refractivity contribution is 5.88. The smallest absolute Gasteiger partial charge is 0.326 e. The Balaban J connectivity index is 2.94. The summed E-state index contributed by atoms with van der Waals surface area (Å²) in [6, 6.07) is -1.42. The first-order chi connectivity index (χ1) is 7.96. The first-order valence-corrected chi connectivity index (χ1v) is 6.24. The predicted octanol–water partition coefficient (Wildman–Crippen LogP) is 1.07. The van der Waals surface area contributed by atoms with Crippen LogP contribution in [0.5, 0.6) is 0 Å². The molecule has 18 heavy (non-hydrogen) atoms. The van der Waals surface area contributed by atoms with E-state index in [1.165, 1.54) is 4.90 Å². The number of aliphatic carboxylic acids is 1. The molecule has 0 radical (unpaired) electrons. The SMILES string of the molecule is CC1(C)C[C@@H](C(=O)O)N(C(=O)C(N)C(C)(C)C)C1. The molecular formula is C13H24N2O3. The van der Waals surface area contributed by atoms with E-state index in [0.717, 1.165) is 0 Å². The molecule has 0 aromatic rings. The van der Waals surface area contributed by atoms with E-state index >= 15 is 0 Å². The van der Waals surface area contributed by atoms with E-state index in [1.54, 1.807) is 0 Å². The van der Waals surface area contributed by atoms with Crippen LogP contribution in [0.2, 0.25) is 0 Å². The van der Waals surface area contributed by atoms with Gasteiger partial charge >= 0.3 is 5.97 Å². The quantitative estimate of drug-likeness (QED) is 0.774. The molecule has 1 saturated heterocycles. The molecule has 3 N–H and O–H groups in total. The van der Waals surface area contributed by atoms with Crippen molar-refractivity contribution in [3.05, 3.63) is 0 Å². The van der Waals surface area contributed by atoms with Gasteiger partial charge in [0.05, 0.1) is 6.04 Å². The Morgan fingerprint density at radius 3 is 2.28 bits per heavy atom. The largest absolute Gasteiger partial charge is 0.480 e. The topological polar surface area (TPSA) is 83.6 Å². The van der Waals surface area contributed by atoms with Gasteiger partial charge in [-0.1, -0.05) is 34.6 Å². The van der Waals surface area contributed by atoms with E-state index in [0.29, 0.717) is 13.0 Å². The summed E-state index contributed by atoms with van der Waals surface area (Å²) in [7, 11) is 0. The van der Waals surface area contributed by atoms with Gasteiger partial charge in [0, 0.05) is 6.54 Å². The van der Waals surface area contributed by atoms with Crippen LogP contribution >= 0.6 is 0 Å². The molecule has 1 rings (SSSR count). The summed E-state index contributed by atoms with van der Waals surface area (Å²) in [4.78, 5) is 25.0. The summed E-state index contributed by atoms with van der Waals surface area (Å²) in [5.41, 5.74) is 5.40. The molecule has 1 fully saturated rings. The van der Waals surface area contributed by atoms with Crippen LogP contribution in [0.3, 0.4) is 0 Å². The van der Waals surface area contributed by atoms with E-state index in [9.17, 15) is 14.7 Å². The zero-order valence-electron chi connectivity index (χ0n) is 11.9. The van der Waals surface area contributed by atoms with Crippen molar-refractivity contribution < 1.29 is 14.7 Å². The number of nitrogens with two attached hydrogens (primary N) is 1. The van der Waals surface area contributed by atoms with E-state index in [-0.39, 0.29) is 16.7 Å². The normalized spacial score (nSPS) is 25.0. The third-order valence-electron chi connectivity index (χ3n) is 3.49. The minimum atomic E-state index is -0.949. The second kappa shape index (κ2) is 4.53. The molecule has 1 amide bonds. The molecule has 1 aliphatic heterocycles. The van der Waals surface area contributed by atoms with Crippen molar-refractivity contribution in [1.29, 1.82) is 0 Å². The molecular weight excluding hydrogens is 232 g/mol. The molecule has 104 valence electrons.